The minimum Gasteiger partial charge on any atom is -0.444 e. The summed E-state index contributed by atoms with van der Waals surface area (Å²) in [7, 11) is 0. The molecule has 2 heterocycles. The summed E-state index contributed by atoms with van der Waals surface area (Å²) in [6.45, 7) is 1.67. The van der Waals surface area contributed by atoms with E-state index in [0.717, 1.165) is 37.1 Å². The molecule has 2 aromatic rings. The Morgan fingerprint density at radius 2 is 2.00 bits per heavy atom. The monoisotopic (exact) mass is 418 g/mol. The van der Waals surface area contributed by atoms with Gasteiger partial charge in [-0.05, 0) is 46.8 Å². The third kappa shape index (κ3) is 3.30. The third-order valence-electron chi connectivity index (χ3n) is 5.06. The summed E-state index contributed by atoms with van der Waals surface area (Å²) in [5, 5.41) is 0. The van der Waals surface area contributed by atoms with E-state index in [-0.39, 0.29) is 18.5 Å². The molecule has 1 unspecified atom stereocenters. The molecule has 4 rings (SSSR count). The van der Waals surface area contributed by atoms with Crippen LogP contribution < -0.4 is 9.80 Å². The number of rotatable bonds is 2. The normalized spacial score (nSPS) is 18.9. The zero-order valence-corrected chi connectivity index (χ0v) is 15.9. The maximum atomic E-state index is 14.2. The van der Waals surface area contributed by atoms with Crippen LogP contribution >= 0.6 is 15.9 Å². The first-order valence-electron chi connectivity index (χ1n) is 8.87. The van der Waals surface area contributed by atoms with Crippen LogP contribution in [0.2, 0.25) is 0 Å². The van der Waals surface area contributed by atoms with Crippen molar-refractivity contribution in [2.45, 2.75) is 31.9 Å². The van der Waals surface area contributed by atoms with Crippen LogP contribution in [0.25, 0.3) is 0 Å². The molecular weight excluding hydrogens is 399 g/mol. The SMILES string of the molecule is O=C(OCc1ccccc1)N1CC2CCCCN2c2cc(Br)c(F)cc21. The summed E-state index contributed by atoms with van der Waals surface area (Å²) in [5.74, 6) is -0.375. The van der Waals surface area contributed by atoms with Gasteiger partial charge in [-0.2, -0.15) is 0 Å². The molecule has 0 bridgehead atoms. The van der Waals surface area contributed by atoms with Crippen molar-refractivity contribution >= 4 is 33.4 Å². The Balaban J connectivity index is 1.61. The summed E-state index contributed by atoms with van der Waals surface area (Å²) < 4.78 is 20.1. The molecule has 2 aromatic carbocycles. The second-order valence-electron chi connectivity index (χ2n) is 6.75. The highest BCUT2D eigenvalue weighted by atomic mass is 79.9. The van der Waals surface area contributed by atoms with E-state index in [9.17, 15) is 9.18 Å². The molecule has 1 amide bonds. The Hall–Kier alpha value is -2.08. The van der Waals surface area contributed by atoms with Gasteiger partial charge in [0.25, 0.3) is 0 Å². The molecule has 0 saturated carbocycles. The van der Waals surface area contributed by atoms with Crippen molar-refractivity contribution in [1.82, 2.24) is 0 Å². The quantitative estimate of drug-likeness (QED) is 0.679. The number of anilines is 2. The first kappa shape index (κ1) is 17.3. The van der Waals surface area contributed by atoms with Crippen molar-refractivity contribution in [3.63, 3.8) is 0 Å². The molecule has 2 aliphatic rings. The molecule has 0 radical (unpaired) electrons. The molecule has 0 spiro atoms. The molecule has 4 nitrogen and oxygen atoms in total. The zero-order valence-electron chi connectivity index (χ0n) is 14.3. The van der Waals surface area contributed by atoms with E-state index in [1.165, 1.54) is 6.07 Å². The smallest absolute Gasteiger partial charge is 0.414 e. The van der Waals surface area contributed by atoms with Gasteiger partial charge in [0.15, 0.2) is 0 Å². The number of carbonyl (C=O) groups excluding carboxylic acids is 1. The van der Waals surface area contributed by atoms with Crippen molar-refractivity contribution in [2.75, 3.05) is 22.9 Å². The van der Waals surface area contributed by atoms with Crippen LogP contribution in [0.5, 0.6) is 0 Å². The fraction of sp³-hybridized carbons (Fsp3) is 0.350. The fourth-order valence-corrected chi connectivity index (χ4v) is 4.09. The minimum atomic E-state index is -0.429. The van der Waals surface area contributed by atoms with Crippen LogP contribution in [-0.2, 0) is 11.3 Å². The number of amides is 1. The predicted molar refractivity (Wildman–Crippen MR) is 103 cm³/mol. The number of halogens is 2. The van der Waals surface area contributed by atoms with Crippen LogP contribution in [-0.4, -0.2) is 25.2 Å². The Morgan fingerprint density at radius 1 is 1.19 bits per heavy atom. The second-order valence-corrected chi connectivity index (χ2v) is 7.60. The molecule has 26 heavy (non-hydrogen) atoms. The van der Waals surface area contributed by atoms with Crippen LogP contribution in [0.4, 0.5) is 20.6 Å². The molecular formula is C20H20BrFN2O2. The van der Waals surface area contributed by atoms with E-state index in [0.29, 0.717) is 16.7 Å². The van der Waals surface area contributed by atoms with Gasteiger partial charge in [0.1, 0.15) is 12.4 Å². The predicted octanol–water partition coefficient (Wildman–Crippen LogP) is 5.10. The van der Waals surface area contributed by atoms with Crippen molar-refractivity contribution in [2.24, 2.45) is 0 Å². The van der Waals surface area contributed by atoms with Gasteiger partial charge in [-0.15, -0.1) is 0 Å². The van der Waals surface area contributed by atoms with Crippen LogP contribution in [0, 0.1) is 5.82 Å². The maximum Gasteiger partial charge on any atom is 0.414 e. The van der Waals surface area contributed by atoms with E-state index < -0.39 is 6.09 Å². The fourth-order valence-electron chi connectivity index (χ4n) is 3.76. The lowest BCUT2D eigenvalue weighted by Gasteiger charge is -2.45. The summed E-state index contributed by atoms with van der Waals surface area (Å²) in [6.07, 6.45) is 2.86. The van der Waals surface area contributed by atoms with Crippen molar-refractivity contribution in [3.05, 3.63) is 58.3 Å². The average Bonchev–Trinajstić information content (AvgIpc) is 2.67. The molecule has 0 aliphatic carbocycles. The van der Waals surface area contributed by atoms with Gasteiger partial charge in [0.2, 0.25) is 0 Å². The van der Waals surface area contributed by atoms with E-state index in [4.69, 9.17) is 4.74 Å². The summed E-state index contributed by atoms with van der Waals surface area (Å²) in [5.41, 5.74) is 2.41. The third-order valence-corrected chi connectivity index (χ3v) is 5.67. The van der Waals surface area contributed by atoms with Crippen LogP contribution in [0.3, 0.4) is 0 Å². The largest absolute Gasteiger partial charge is 0.444 e. The highest BCUT2D eigenvalue weighted by molar-refractivity contribution is 9.10. The Kier molecular flexibility index (Phi) is 4.85. The number of ether oxygens (including phenoxy) is 1. The number of piperidine rings is 1. The molecule has 1 atom stereocenters. The maximum absolute atomic E-state index is 14.2. The van der Waals surface area contributed by atoms with Gasteiger partial charge in [0, 0.05) is 25.2 Å². The molecule has 136 valence electrons. The van der Waals surface area contributed by atoms with E-state index in [1.807, 2.05) is 30.3 Å². The summed E-state index contributed by atoms with van der Waals surface area (Å²) in [6, 6.07) is 13.0. The lowest BCUT2D eigenvalue weighted by molar-refractivity contribution is 0.146. The minimum absolute atomic E-state index is 0.207. The summed E-state index contributed by atoms with van der Waals surface area (Å²) >= 11 is 3.27. The first-order chi connectivity index (χ1) is 12.6. The topological polar surface area (TPSA) is 32.8 Å². The van der Waals surface area contributed by atoms with Crippen LogP contribution in [0.15, 0.2) is 46.9 Å². The number of hydrogen-bond donors (Lipinski definition) is 0. The standard InChI is InChI=1S/C20H20BrFN2O2/c21-16-10-18-19(11-17(16)22)24(12-15-8-4-5-9-23(15)18)20(25)26-13-14-6-2-1-3-7-14/h1-3,6-7,10-11,15H,4-5,8-9,12-13H2. The molecule has 2 aliphatic heterocycles. The zero-order chi connectivity index (χ0) is 18.1. The molecule has 6 heteroatoms. The summed E-state index contributed by atoms with van der Waals surface area (Å²) in [4.78, 5) is 16.6. The Morgan fingerprint density at radius 3 is 2.81 bits per heavy atom. The van der Waals surface area contributed by atoms with Crippen molar-refractivity contribution in [3.8, 4) is 0 Å². The van der Waals surface area contributed by atoms with Crippen molar-refractivity contribution < 1.29 is 13.9 Å². The van der Waals surface area contributed by atoms with Gasteiger partial charge in [0.05, 0.1) is 15.8 Å². The average molecular weight is 419 g/mol. The number of fused-ring (bicyclic) bond motifs is 3. The Bertz CT molecular complexity index is 815. The number of carbonyl (C=O) groups is 1. The van der Waals surface area contributed by atoms with Crippen LogP contribution in [0.1, 0.15) is 24.8 Å². The van der Waals surface area contributed by atoms with Gasteiger partial charge in [-0.25, -0.2) is 9.18 Å². The second kappa shape index (κ2) is 7.27. The molecule has 0 aromatic heterocycles. The number of benzene rings is 2. The highest BCUT2D eigenvalue weighted by Crippen LogP contribution is 2.41. The van der Waals surface area contributed by atoms with Crippen molar-refractivity contribution in [1.29, 1.82) is 0 Å². The van der Waals surface area contributed by atoms with E-state index in [1.54, 1.807) is 11.0 Å². The lowest BCUT2D eigenvalue weighted by Crippen LogP contribution is -2.53. The van der Waals surface area contributed by atoms with Gasteiger partial charge in [-0.1, -0.05) is 30.3 Å². The Labute approximate surface area is 160 Å². The molecule has 1 saturated heterocycles. The highest BCUT2D eigenvalue weighted by Gasteiger charge is 2.36. The van der Waals surface area contributed by atoms with Gasteiger partial charge in [-0.3, -0.25) is 4.90 Å². The van der Waals surface area contributed by atoms with Gasteiger partial charge >= 0.3 is 6.09 Å². The molecule has 0 N–H and O–H groups in total. The van der Waals surface area contributed by atoms with E-state index >= 15 is 0 Å². The first-order valence-corrected chi connectivity index (χ1v) is 9.66. The number of nitrogens with zero attached hydrogens (tertiary/aromatic N) is 2. The molecule has 1 fully saturated rings. The van der Waals surface area contributed by atoms with Gasteiger partial charge < -0.3 is 9.64 Å². The lowest BCUT2D eigenvalue weighted by atomic mass is 9.97. The van der Waals surface area contributed by atoms with E-state index in [2.05, 4.69) is 20.8 Å². The number of hydrogen-bond acceptors (Lipinski definition) is 3.